The maximum absolute atomic E-state index is 13.8. The predicted octanol–water partition coefficient (Wildman–Crippen LogP) is 5.15. The molecular formula is C32H56BN5O6. The van der Waals surface area contributed by atoms with Crippen LogP contribution in [0.5, 0.6) is 0 Å². The predicted molar refractivity (Wildman–Crippen MR) is 173 cm³/mol. The van der Waals surface area contributed by atoms with Crippen molar-refractivity contribution in [1.29, 1.82) is 0 Å². The quantitative estimate of drug-likeness (QED) is 0.0322. The third kappa shape index (κ3) is 9.52. The molecule has 11 nitrogen and oxygen atoms in total. The number of nitro groups is 1. The number of hydrogen-bond acceptors (Lipinski definition) is 7. The molecule has 0 radical (unpaired) electrons. The Kier molecular flexibility index (Phi) is 13.3. The van der Waals surface area contributed by atoms with Gasteiger partial charge in [0.05, 0.1) is 17.6 Å². The van der Waals surface area contributed by atoms with Crippen molar-refractivity contribution < 1.29 is 23.9 Å². The van der Waals surface area contributed by atoms with E-state index in [1.54, 1.807) is 0 Å². The number of guanidine groups is 1. The van der Waals surface area contributed by atoms with Crippen LogP contribution in [0.4, 0.5) is 0 Å². The zero-order valence-electron chi connectivity index (χ0n) is 27.6. The molecule has 3 saturated carbocycles. The molecule has 6 atom stereocenters. The number of carbonyl (C=O) groups is 2. The fourth-order valence-electron chi connectivity index (χ4n) is 7.63. The molecule has 0 aromatic heterocycles. The summed E-state index contributed by atoms with van der Waals surface area (Å²) in [7, 11) is -0.540. The van der Waals surface area contributed by atoms with Gasteiger partial charge in [-0.15, -0.1) is 6.58 Å². The summed E-state index contributed by atoms with van der Waals surface area (Å²) in [5.41, 5.74) is 7.21. The van der Waals surface area contributed by atoms with E-state index in [0.29, 0.717) is 43.4 Å². The van der Waals surface area contributed by atoms with Gasteiger partial charge in [0.2, 0.25) is 5.91 Å². The highest BCUT2D eigenvalue weighted by Crippen LogP contribution is 2.65. The standard InChI is InChI=1S/C32H56BN5O6/c1-7-8-9-10-11-12-13-16-25(39)19-23(15-14-17-35-30(34)37-38(41)42)29(40)36-28(18-22(2)3)33-43-27-21-24-20-26(31(24,4)5)32(27,6)44-33/h7,22-24,26-28H,1,8-21H2,2-6H3,(H,36,40)(H3,34,35,37)/t23-,24+,26+,27-,28+,32+/m1/s1. The van der Waals surface area contributed by atoms with E-state index in [2.05, 4.69) is 51.5 Å². The van der Waals surface area contributed by atoms with Gasteiger partial charge in [-0.05, 0) is 81.5 Å². The smallest absolute Gasteiger partial charge is 0.404 e. The Labute approximate surface area is 264 Å². The molecular weight excluding hydrogens is 561 g/mol. The fourth-order valence-corrected chi connectivity index (χ4v) is 7.63. The number of hydrazine groups is 1. The second-order valence-corrected chi connectivity index (χ2v) is 14.4. The van der Waals surface area contributed by atoms with Crippen molar-refractivity contribution in [3.63, 3.8) is 0 Å². The van der Waals surface area contributed by atoms with Crippen LogP contribution in [0.3, 0.4) is 0 Å². The van der Waals surface area contributed by atoms with Gasteiger partial charge in [0, 0.05) is 25.3 Å². The summed E-state index contributed by atoms with van der Waals surface area (Å²) >= 11 is 0. The van der Waals surface area contributed by atoms with Gasteiger partial charge in [0.25, 0.3) is 5.96 Å². The first-order valence-electron chi connectivity index (χ1n) is 16.7. The highest BCUT2D eigenvalue weighted by atomic mass is 16.7. The highest BCUT2D eigenvalue weighted by Gasteiger charge is 2.68. The van der Waals surface area contributed by atoms with Crippen molar-refractivity contribution in [2.24, 2.45) is 39.8 Å². The van der Waals surface area contributed by atoms with Crippen LogP contribution in [0.2, 0.25) is 0 Å². The highest BCUT2D eigenvalue weighted by molar-refractivity contribution is 6.47. The molecule has 1 heterocycles. The average molecular weight is 618 g/mol. The van der Waals surface area contributed by atoms with Crippen molar-refractivity contribution >= 4 is 24.8 Å². The Morgan fingerprint density at radius 2 is 1.86 bits per heavy atom. The minimum atomic E-state index is -0.768. The number of Topliss-reactive ketones (excluding diaryl/α,β-unsaturated/α-hetero) is 1. The lowest BCUT2D eigenvalue weighted by atomic mass is 9.43. The maximum atomic E-state index is 13.8. The van der Waals surface area contributed by atoms with E-state index in [4.69, 9.17) is 15.0 Å². The van der Waals surface area contributed by atoms with Crippen LogP contribution in [0.15, 0.2) is 17.6 Å². The molecule has 12 heteroatoms. The van der Waals surface area contributed by atoms with Gasteiger partial charge >= 0.3 is 7.12 Å². The summed E-state index contributed by atoms with van der Waals surface area (Å²) in [6, 6.07) is 0. The second-order valence-electron chi connectivity index (χ2n) is 14.4. The Morgan fingerprint density at radius 3 is 2.52 bits per heavy atom. The Balaban J connectivity index is 1.63. The van der Waals surface area contributed by atoms with Gasteiger partial charge in [0.15, 0.2) is 5.03 Å². The number of amides is 1. The normalized spacial score (nSPS) is 26.8. The van der Waals surface area contributed by atoms with Crippen LogP contribution in [0, 0.1) is 39.2 Å². The van der Waals surface area contributed by atoms with Crippen molar-refractivity contribution in [2.75, 3.05) is 6.54 Å². The number of nitrogens with zero attached hydrogens (tertiary/aromatic N) is 2. The third-order valence-corrected chi connectivity index (χ3v) is 10.3. The Hall–Kier alpha value is -2.47. The molecule has 0 unspecified atom stereocenters. The second kappa shape index (κ2) is 16.2. The molecule has 0 spiro atoms. The lowest BCUT2D eigenvalue weighted by Gasteiger charge is -2.64. The van der Waals surface area contributed by atoms with Crippen LogP contribution in [-0.4, -0.2) is 54.0 Å². The summed E-state index contributed by atoms with van der Waals surface area (Å²) in [6.45, 7) is 15.0. The van der Waals surface area contributed by atoms with E-state index in [0.717, 1.165) is 51.4 Å². The topological polar surface area (TPSA) is 158 Å². The molecule has 2 bridgehead atoms. The molecule has 4 rings (SSSR count). The number of aliphatic imine (C=N–C) groups is 1. The minimum Gasteiger partial charge on any atom is -0.404 e. The third-order valence-electron chi connectivity index (χ3n) is 10.3. The van der Waals surface area contributed by atoms with Gasteiger partial charge in [0.1, 0.15) is 5.78 Å². The number of carbonyl (C=O) groups excluding carboxylic acids is 2. The zero-order valence-corrected chi connectivity index (χ0v) is 27.6. The van der Waals surface area contributed by atoms with Crippen LogP contribution < -0.4 is 16.5 Å². The van der Waals surface area contributed by atoms with Gasteiger partial charge in [-0.2, -0.15) is 0 Å². The molecule has 3 aliphatic carbocycles. The van der Waals surface area contributed by atoms with Gasteiger partial charge in [-0.3, -0.25) is 9.59 Å². The molecule has 4 aliphatic rings. The number of nitrogens with two attached hydrogens (primary N) is 1. The average Bonchev–Trinajstić information content (AvgIpc) is 3.30. The number of rotatable bonds is 20. The summed E-state index contributed by atoms with van der Waals surface area (Å²) in [5, 5.41) is 13.1. The molecule has 44 heavy (non-hydrogen) atoms. The van der Waals surface area contributed by atoms with E-state index in [1.165, 1.54) is 0 Å². The van der Waals surface area contributed by atoms with Crippen LogP contribution in [0.25, 0.3) is 0 Å². The Morgan fingerprint density at radius 1 is 1.16 bits per heavy atom. The van der Waals surface area contributed by atoms with Crippen molar-refractivity contribution in [3.05, 3.63) is 22.8 Å². The van der Waals surface area contributed by atoms with Gasteiger partial charge < -0.3 is 20.4 Å². The van der Waals surface area contributed by atoms with E-state index in [9.17, 15) is 19.7 Å². The zero-order chi connectivity index (χ0) is 32.5. The first-order chi connectivity index (χ1) is 20.8. The Bertz CT molecular complexity index is 1040. The molecule has 1 amide bonds. The number of ketones is 1. The van der Waals surface area contributed by atoms with E-state index < -0.39 is 18.1 Å². The first-order valence-corrected chi connectivity index (χ1v) is 16.7. The summed E-state index contributed by atoms with van der Waals surface area (Å²) in [4.78, 5) is 41.4. The van der Waals surface area contributed by atoms with Crippen molar-refractivity contribution in [1.82, 2.24) is 10.7 Å². The largest absolute Gasteiger partial charge is 0.481 e. The monoisotopic (exact) mass is 617 g/mol. The van der Waals surface area contributed by atoms with E-state index >= 15 is 0 Å². The van der Waals surface area contributed by atoms with Crippen LogP contribution in [-0.2, 0) is 18.9 Å². The van der Waals surface area contributed by atoms with E-state index in [1.807, 2.05) is 11.5 Å². The molecule has 248 valence electrons. The number of unbranched alkanes of at least 4 members (excludes halogenated alkanes) is 5. The summed E-state index contributed by atoms with van der Waals surface area (Å²) in [5.74, 6) is 0.0613. The minimum absolute atomic E-state index is 0.0149. The molecule has 4 N–H and O–H groups in total. The lowest BCUT2D eigenvalue weighted by molar-refractivity contribution is -0.525. The summed E-state index contributed by atoms with van der Waals surface area (Å²) in [6.07, 6.45) is 12.4. The molecule has 0 aromatic rings. The fraction of sp³-hybridized carbons (Fsp3) is 0.844. The maximum Gasteiger partial charge on any atom is 0.481 e. The molecule has 4 fully saturated rings. The molecule has 0 aromatic carbocycles. The van der Waals surface area contributed by atoms with Gasteiger partial charge in [-0.25, -0.2) is 15.1 Å². The summed E-state index contributed by atoms with van der Waals surface area (Å²) < 4.78 is 13.3. The van der Waals surface area contributed by atoms with E-state index in [-0.39, 0.29) is 53.7 Å². The first kappa shape index (κ1) is 36.0. The van der Waals surface area contributed by atoms with Crippen molar-refractivity contribution in [3.8, 4) is 0 Å². The number of nitrogens with one attached hydrogen (secondary N) is 2. The van der Waals surface area contributed by atoms with Crippen LogP contribution in [0.1, 0.15) is 118 Å². The van der Waals surface area contributed by atoms with Gasteiger partial charge in [-0.1, -0.05) is 58.5 Å². The SMILES string of the molecule is C=CCCCCCCCC(=O)C[C@@H](CCCN=C(N)N[N+](=O)[O-])C(=O)N[C@@H](CC(C)C)B1O[C@@H]2C[C@@H]3C[C@@H](C3(C)C)[C@]2(C)O1. The number of hydrogen-bond donors (Lipinski definition) is 3. The number of allylic oxidation sites excluding steroid dienone is 1. The molecule has 1 saturated heterocycles. The molecule has 1 aliphatic heterocycles. The lowest BCUT2D eigenvalue weighted by Crippen LogP contribution is -2.65. The van der Waals surface area contributed by atoms with Crippen molar-refractivity contribution in [2.45, 2.75) is 136 Å². The van der Waals surface area contributed by atoms with Crippen LogP contribution >= 0.6 is 0 Å².